The number of pyridine rings is 4. The van der Waals surface area contributed by atoms with Crippen LogP contribution in [0.5, 0.6) is 0 Å². The van der Waals surface area contributed by atoms with E-state index in [1.165, 1.54) is 0 Å². The molecule has 4 nitrogen and oxygen atoms in total. The van der Waals surface area contributed by atoms with E-state index in [9.17, 15) is 0 Å². The minimum absolute atomic E-state index is 0.574. The summed E-state index contributed by atoms with van der Waals surface area (Å²) in [5.74, 6) is -1.04. The van der Waals surface area contributed by atoms with Crippen LogP contribution in [-0.2, 0) is 5.91 Å². The van der Waals surface area contributed by atoms with E-state index in [0.717, 1.165) is 0 Å². The van der Waals surface area contributed by atoms with E-state index in [-0.39, 0.29) is 0 Å². The molecular formula is C21H16Cl4N4+4. The standard InChI is InChI=1S/C21H16Cl4N4/c22-17-5-1-9-26(13-17)21(27-10-2-6-18(23)14-27,28-11-3-7-19(24)15-28)29-12-4-8-20(25)16-29/h1-16H/q+4. The normalized spacial score (nSPS) is 11.4. The lowest BCUT2D eigenvalue weighted by molar-refractivity contribution is -1.32. The van der Waals surface area contributed by atoms with Gasteiger partial charge >= 0.3 is 5.91 Å². The van der Waals surface area contributed by atoms with Crippen LogP contribution in [0.3, 0.4) is 0 Å². The molecule has 0 saturated carbocycles. The van der Waals surface area contributed by atoms with Gasteiger partial charge in [-0.25, -0.2) is 0 Å². The van der Waals surface area contributed by atoms with Gasteiger partial charge in [0.2, 0.25) is 24.8 Å². The molecule has 4 rings (SSSR count). The van der Waals surface area contributed by atoms with E-state index in [4.69, 9.17) is 46.4 Å². The summed E-state index contributed by atoms with van der Waals surface area (Å²) in [6.07, 6.45) is 15.0. The maximum atomic E-state index is 6.38. The molecule has 29 heavy (non-hydrogen) atoms. The molecule has 0 bridgehead atoms. The summed E-state index contributed by atoms with van der Waals surface area (Å²) in [5, 5.41) is 2.30. The number of hydrogen-bond donors (Lipinski definition) is 0. The van der Waals surface area contributed by atoms with Crippen molar-refractivity contribution in [3.63, 3.8) is 0 Å². The van der Waals surface area contributed by atoms with Crippen molar-refractivity contribution in [1.82, 2.24) is 0 Å². The summed E-state index contributed by atoms with van der Waals surface area (Å²) in [5.41, 5.74) is 0. The Kier molecular flexibility index (Phi) is 5.70. The fourth-order valence-corrected chi connectivity index (χ4v) is 4.04. The lowest BCUT2D eigenvalue weighted by atomic mass is 10.3. The third kappa shape index (κ3) is 3.81. The van der Waals surface area contributed by atoms with Crippen LogP contribution in [-0.4, -0.2) is 0 Å². The van der Waals surface area contributed by atoms with Crippen LogP contribution in [0.1, 0.15) is 0 Å². The molecule has 0 aliphatic rings. The number of hydrogen-bond acceptors (Lipinski definition) is 0. The van der Waals surface area contributed by atoms with Gasteiger partial charge in [0.25, 0.3) is 0 Å². The third-order valence-corrected chi connectivity index (χ3v) is 5.34. The zero-order chi connectivity index (χ0) is 20.4. The van der Waals surface area contributed by atoms with Crippen molar-refractivity contribution in [3.05, 3.63) is 118 Å². The summed E-state index contributed by atoms with van der Waals surface area (Å²) >= 11 is 25.5. The second-order valence-electron chi connectivity index (χ2n) is 6.32. The second kappa shape index (κ2) is 8.25. The maximum absolute atomic E-state index is 6.38. The highest BCUT2D eigenvalue weighted by molar-refractivity contribution is 6.31. The minimum atomic E-state index is -1.04. The van der Waals surface area contributed by atoms with E-state index >= 15 is 0 Å². The highest BCUT2D eigenvalue weighted by atomic mass is 35.5. The van der Waals surface area contributed by atoms with E-state index in [0.29, 0.717) is 20.1 Å². The Labute approximate surface area is 188 Å². The van der Waals surface area contributed by atoms with Gasteiger partial charge in [-0.05, 0) is 42.5 Å². The summed E-state index contributed by atoms with van der Waals surface area (Å²) in [6, 6.07) is 14.8. The van der Waals surface area contributed by atoms with E-state index < -0.39 is 5.91 Å². The van der Waals surface area contributed by atoms with E-state index in [2.05, 4.69) is 0 Å². The minimum Gasteiger partial charge on any atom is -0.0778 e. The molecule has 4 heterocycles. The quantitative estimate of drug-likeness (QED) is 0.409. The van der Waals surface area contributed by atoms with Gasteiger partial charge in [-0.15, -0.1) is 0 Å². The third-order valence-electron chi connectivity index (χ3n) is 4.44. The molecule has 0 saturated heterocycles. The summed E-state index contributed by atoms with van der Waals surface area (Å²) in [7, 11) is 0. The monoisotopic (exact) mass is 464 g/mol. The SMILES string of the molecule is Clc1ccc[n+](C([n+]2cccc(Cl)c2)([n+]2cccc(Cl)c2)[n+]2cccc(Cl)c2)c1. The molecule has 0 amide bonds. The van der Waals surface area contributed by atoms with Crippen LogP contribution in [0.2, 0.25) is 20.1 Å². The zero-order valence-electron chi connectivity index (χ0n) is 15.0. The molecular weight excluding hydrogens is 450 g/mol. The van der Waals surface area contributed by atoms with Crippen molar-refractivity contribution in [2.45, 2.75) is 5.91 Å². The largest absolute Gasteiger partial charge is 0.767 e. The first kappa shape index (κ1) is 20.0. The molecule has 4 aromatic heterocycles. The first-order valence-electron chi connectivity index (χ1n) is 8.69. The lowest BCUT2D eigenvalue weighted by Crippen LogP contribution is -2.97. The Bertz CT molecular complexity index is 995. The lowest BCUT2D eigenvalue weighted by Gasteiger charge is -2.13. The molecule has 0 radical (unpaired) electrons. The average molecular weight is 466 g/mol. The van der Waals surface area contributed by atoms with Crippen molar-refractivity contribution in [1.29, 1.82) is 0 Å². The van der Waals surface area contributed by atoms with Crippen molar-refractivity contribution in [3.8, 4) is 0 Å². The topological polar surface area (TPSA) is 15.5 Å². The summed E-state index contributed by atoms with van der Waals surface area (Å²) in [6.45, 7) is 0. The van der Waals surface area contributed by atoms with Gasteiger partial charge in [-0.1, -0.05) is 46.4 Å². The van der Waals surface area contributed by atoms with Gasteiger partial charge in [-0.2, -0.15) is 0 Å². The highest BCUT2D eigenvalue weighted by Gasteiger charge is 2.70. The molecule has 0 N–H and O–H groups in total. The molecule has 0 atom stereocenters. The summed E-state index contributed by atoms with van der Waals surface area (Å²) < 4.78 is 7.83. The van der Waals surface area contributed by atoms with Gasteiger partial charge in [0, 0.05) is 24.3 Å². The number of aromatic nitrogens is 4. The first-order chi connectivity index (χ1) is 14.0. The van der Waals surface area contributed by atoms with Gasteiger partial charge in [-0.3, -0.25) is 0 Å². The zero-order valence-corrected chi connectivity index (χ0v) is 18.1. The average Bonchev–Trinajstić information content (AvgIpc) is 2.69. The molecule has 0 spiro atoms. The molecule has 0 aliphatic heterocycles. The fourth-order valence-electron chi connectivity index (χ4n) is 3.33. The molecule has 4 aromatic rings. The molecule has 0 aromatic carbocycles. The summed E-state index contributed by atoms with van der Waals surface area (Å²) in [4.78, 5) is 0. The molecule has 0 fully saturated rings. The van der Waals surface area contributed by atoms with Crippen LogP contribution >= 0.6 is 46.4 Å². The Morgan fingerprint density at radius 1 is 0.448 bits per heavy atom. The van der Waals surface area contributed by atoms with Crippen LogP contribution in [0.15, 0.2) is 98.1 Å². The number of halogens is 4. The van der Waals surface area contributed by atoms with Crippen LogP contribution < -0.4 is 18.3 Å². The van der Waals surface area contributed by atoms with E-state index in [1.54, 1.807) is 0 Å². The van der Waals surface area contributed by atoms with Crippen LogP contribution in [0.4, 0.5) is 0 Å². The van der Waals surface area contributed by atoms with E-state index in [1.807, 2.05) is 116 Å². The van der Waals surface area contributed by atoms with Gasteiger partial charge in [0.15, 0.2) is 24.8 Å². The number of rotatable bonds is 4. The second-order valence-corrected chi connectivity index (χ2v) is 8.06. The smallest absolute Gasteiger partial charge is 0.0778 e. The highest BCUT2D eigenvalue weighted by Crippen LogP contribution is 2.11. The predicted octanol–water partition coefficient (Wildman–Crippen LogP) is 3.66. The molecule has 0 aliphatic carbocycles. The van der Waals surface area contributed by atoms with Gasteiger partial charge < -0.3 is 0 Å². The first-order valence-corrected chi connectivity index (χ1v) is 10.2. The fraction of sp³-hybridized carbons (Fsp3) is 0.0476. The van der Waals surface area contributed by atoms with Crippen molar-refractivity contribution in [2.24, 2.45) is 0 Å². The Balaban J connectivity index is 2.19. The Morgan fingerprint density at radius 3 is 0.897 bits per heavy atom. The van der Waals surface area contributed by atoms with Crippen LogP contribution in [0, 0.1) is 0 Å². The molecule has 0 unspecified atom stereocenters. The van der Waals surface area contributed by atoms with Crippen molar-refractivity contribution >= 4 is 46.4 Å². The molecule has 8 heteroatoms. The van der Waals surface area contributed by atoms with Gasteiger partial charge in [0.05, 0.1) is 0 Å². The van der Waals surface area contributed by atoms with Crippen molar-refractivity contribution in [2.75, 3.05) is 0 Å². The Morgan fingerprint density at radius 2 is 0.690 bits per heavy atom. The van der Waals surface area contributed by atoms with Crippen molar-refractivity contribution < 1.29 is 18.3 Å². The predicted molar refractivity (Wildman–Crippen MR) is 111 cm³/mol. The van der Waals surface area contributed by atoms with Gasteiger partial charge in [0.1, 0.15) is 20.1 Å². The van der Waals surface area contributed by atoms with Crippen LogP contribution in [0.25, 0.3) is 0 Å². The Hall–Kier alpha value is -2.24. The molecule has 144 valence electrons. The number of nitrogens with zero attached hydrogens (tertiary/aromatic N) is 4. The maximum Gasteiger partial charge on any atom is 0.767 e.